The average Bonchev–Trinajstić information content (AvgIpc) is 4.04. The molecular formula is C47H62ClN8O13P. The number of amides is 7. The first-order valence-corrected chi connectivity index (χ1v) is 25.3. The lowest BCUT2D eigenvalue weighted by atomic mass is 9.85. The number of nitrogens with zero attached hydrogens (tertiary/aromatic N) is 3. The topological polar surface area (TPSA) is 311 Å². The summed E-state index contributed by atoms with van der Waals surface area (Å²) in [5.41, 5.74) is 4.28. The Morgan fingerprint density at radius 2 is 1.69 bits per heavy atom. The molecule has 70 heavy (non-hydrogen) atoms. The maximum atomic E-state index is 14.5. The van der Waals surface area contributed by atoms with Gasteiger partial charge < -0.3 is 61.0 Å². The molecule has 3 aliphatic rings. The number of H-pyrrole nitrogens is 1. The summed E-state index contributed by atoms with van der Waals surface area (Å²) in [6.07, 6.45) is 1.81. The van der Waals surface area contributed by atoms with Gasteiger partial charge in [-0.15, -0.1) is 0 Å². The number of halogens is 1. The molecule has 7 amide bonds. The fraction of sp³-hybridized carbons (Fsp3) is 0.532. The fourth-order valence-corrected chi connectivity index (χ4v) is 9.88. The van der Waals surface area contributed by atoms with Crippen molar-refractivity contribution in [1.82, 2.24) is 35.6 Å². The first kappa shape index (κ1) is 53.5. The zero-order valence-corrected chi connectivity index (χ0v) is 41.2. The Morgan fingerprint density at radius 1 is 0.957 bits per heavy atom. The van der Waals surface area contributed by atoms with E-state index in [0.717, 1.165) is 0 Å². The van der Waals surface area contributed by atoms with Gasteiger partial charge in [-0.2, -0.15) is 0 Å². The van der Waals surface area contributed by atoms with Crippen molar-refractivity contribution < 1.29 is 62.6 Å². The zero-order valence-electron chi connectivity index (χ0n) is 39.6. The maximum absolute atomic E-state index is 14.5. The number of nitrogens with two attached hydrogens (primary N) is 1. The molecule has 3 saturated heterocycles. The molecule has 6 atom stereocenters. The van der Waals surface area contributed by atoms with Crippen LogP contribution in [-0.2, 0) is 39.8 Å². The molecule has 3 aromatic rings. The SMILES string of the molecule is CC(=O)N1CC[C@H]2CC[C@@H](C(=O)N[C@@H](CCC(N)=O)COc3cccc(CCCC(=O)N[C@H](C(=O)N4CC[C@@H](O)C4)C(C)(C)C)c3Cl)N2C(=O)[C@@H](NC(=O)c2cc3cc(C(=O)P(=O)(O)O)ccc3[nH]2)C1. The van der Waals surface area contributed by atoms with E-state index >= 15 is 0 Å². The van der Waals surface area contributed by atoms with Gasteiger partial charge in [-0.25, -0.2) is 0 Å². The maximum Gasteiger partial charge on any atom is 0.396 e. The number of fused-ring (bicyclic) bond motifs is 2. The van der Waals surface area contributed by atoms with Crippen LogP contribution in [0.2, 0.25) is 5.02 Å². The minimum atomic E-state index is -5.08. The van der Waals surface area contributed by atoms with Crippen LogP contribution < -0.4 is 26.4 Å². The van der Waals surface area contributed by atoms with E-state index in [1.807, 2.05) is 20.8 Å². The van der Waals surface area contributed by atoms with Gasteiger partial charge in [0, 0.05) is 68.5 Å². The number of primary amides is 1. The molecule has 0 saturated carbocycles. The van der Waals surface area contributed by atoms with Gasteiger partial charge in [0.15, 0.2) is 0 Å². The zero-order chi connectivity index (χ0) is 51.2. The van der Waals surface area contributed by atoms with E-state index in [0.29, 0.717) is 55.1 Å². The van der Waals surface area contributed by atoms with Crippen LogP contribution in [0.3, 0.4) is 0 Å². The third kappa shape index (κ3) is 13.3. The normalized spacial score (nSPS) is 20.5. The van der Waals surface area contributed by atoms with Crippen molar-refractivity contribution in [2.24, 2.45) is 11.1 Å². The lowest BCUT2D eigenvalue weighted by Crippen LogP contribution is -2.61. The number of hydrogen-bond acceptors (Lipinski definition) is 11. The molecule has 1 aromatic heterocycles. The number of ether oxygens (including phenoxy) is 1. The number of carbonyl (C=O) groups is 8. The van der Waals surface area contributed by atoms with E-state index in [2.05, 4.69) is 20.9 Å². The number of aromatic nitrogens is 1. The van der Waals surface area contributed by atoms with Gasteiger partial charge in [0.1, 0.15) is 36.2 Å². The predicted molar refractivity (Wildman–Crippen MR) is 255 cm³/mol. The highest BCUT2D eigenvalue weighted by atomic mass is 35.5. The number of likely N-dealkylation sites (tertiary alicyclic amines) is 1. The second kappa shape index (κ2) is 22.5. The van der Waals surface area contributed by atoms with E-state index in [1.54, 1.807) is 23.1 Å². The van der Waals surface area contributed by atoms with Gasteiger partial charge in [0.25, 0.3) is 11.4 Å². The van der Waals surface area contributed by atoms with Crippen molar-refractivity contribution in [2.75, 3.05) is 32.8 Å². The largest absolute Gasteiger partial charge is 0.490 e. The number of rotatable bonds is 18. The van der Waals surface area contributed by atoms with Crippen molar-refractivity contribution in [3.8, 4) is 5.75 Å². The number of carbonyl (C=O) groups excluding carboxylic acids is 8. The smallest absolute Gasteiger partial charge is 0.396 e. The third-order valence-corrected chi connectivity index (χ3v) is 14.1. The van der Waals surface area contributed by atoms with Crippen LogP contribution in [0.15, 0.2) is 42.5 Å². The van der Waals surface area contributed by atoms with E-state index in [-0.39, 0.29) is 91.7 Å². The Bertz CT molecular complexity index is 2560. The third-order valence-electron chi connectivity index (χ3n) is 12.9. The van der Waals surface area contributed by atoms with Crippen LogP contribution in [0.4, 0.5) is 0 Å². The molecule has 2 aromatic carbocycles. The first-order valence-electron chi connectivity index (χ1n) is 23.3. The second-order valence-corrected chi connectivity index (χ2v) is 21.2. The van der Waals surface area contributed by atoms with Gasteiger partial charge in [0.05, 0.1) is 17.2 Å². The number of nitrogens with one attached hydrogen (secondary N) is 4. The number of benzene rings is 2. The van der Waals surface area contributed by atoms with Crippen LogP contribution in [0.1, 0.15) is 105 Å². The van der Waals surface area contributed by atoms with Crippen LogP contribution in [0.25, 0.3) is 10.9 Å². The van der Waals surface area contributed by atoms with Gasteiger partial charge in [-0.3, -0.25) is 42.9 Å². The summed E-state index contributed by atoms with van der Waals surface area (Å²) in [5, 5.41) is 19.0. The molecular weight excluding hydrogens is 951 g/mol. The standard InChI is InChI=1S/C47H62ClN8O13P/c1-26(57)54-19-17-31-13-15-36(56(31)44(63)35(24-54)52-42(61)34-22-29-21-28(11-14-33(29)51-34)46(65)70(66,67)68)43(62)50-30(12-16-38(49)59)25-69-37-9-5-7-27(40(37)48)8-6-10-39(60)53-41(47(2,3)4)45(64)55-20-18-32(58)23-55/h5,7,9,11,14,21-22,30-32,35-36,41,51,58H,6,8,10,12-13,15-20,23-25H2,1-4H3,(H2,49,59)(H,50,62)(H,52,61)(H,53,60)(H2,66,67,68)/t30-,31+,32+,35-,36-,41+/m0/s1. The second-order valence-electron chi connectivity index (χ2n) is 19.3. The van der Waals surface area contributed by atoms with Crippen molar-refractivity contribution in [1.29, 1.82) is 0 Å². The summed E-state index contributed by atoms with van der Waals surface area (Å²) in [6, 6.07) is 5.99. The highest BCUT2D eigenvalue weighted by Gasteiger charge is 2.46. The lowest BCUT2D eigenvalue weighted by Gasteiger charge is -2.38. The molecule has 9 N–H and O–H groups in total. The Morgan fingerprint density at radius 3 is 2.34 bits per heavy atom. The van der Waals surface area contributed by atoms with Crippen LogP contribution >= 0.6 is 19.2 Å². The molecule has 4 heterocycles. The van der Waals surface area contributed by atoms with E-state index in [4.69, 9.17) is 22.1 Å². The number of β-amino-alcohol motifs (C(OH)–C–C–N with tert-alkyl or cyclic N) is 1. The molecule has 0 unspecified atom stereocenters. The summed E-state index contributed by atoms with van der Waals surface area (Å²) in [6.45, 7) is 7.48. The number of aryl methyl sites for hydroxylation is 1. The van der Waals surface area contributed by atoms with Crippen molar-refractivity contribution >= 4 is 77.0 Å². The quantitative estimate of drug-likeness (QED) is 0.0849. The highest BCUT2D eigenvalue weighted by Crippen LogP contribution is 2.39. The number of aromatic amines is 1. The Balaban J connectivity index is 1.10. The van der Waals surface area contributed by atoms with Crippen LogP contribution in [-0.4, -0.2) is 151 Å². The van der Waals surface area contributed by atoms with Gasteiger partial charge >= 0.3 is 7.60 Å². The number of aliphatic hydroxyl groups excluding tert-OH is 1. The summed E-state index contributed by atoms with van der Waals surface area (Å²) < 4.78 is 17.7. The molecule has 380 valence electrons. The summed E-state index contributed by atoms with van der Waals surface area (Å²) in [5.74, 6) is -3.10. The summed E-state index contributed by atoms with van der Waals surface area (Å²) >= 11 is 6.81. The minimum Gasteiger partial charge on any atom is -0.490 e. The monoisotopic (exact) mass is 1010 g/mol. The van der Waals surface area contributed by atoms with Crippen molar-refractivity contribution in [2.45, 2.75) is 122 Å². The molecule has 6 rings (SSSR count). The summed E-state index contributed by atoms with van der Waals surface area (Å²) in [4.78, 5) is 132. The molecule has 3 aliphatic heterocycles. The van der Waals surface area contributed by atoms with Crippen LogP contribution in [0, 0.1) is 5.41 Å². The molecule has 0 bridgehead atoms. The first-order chi connectivity index (χ1) is 32.9. The Labute approximate surface area is 409 Å². The van der Waals surface area contributed by atoms with Crippen molar-refractivity contribution in [3.05, 3.63) is 64.3 Å². The lowest BCUT2D eigenvalue weighted by molar-refractivity contribution is -0.145. The summed E-state index contributed by atoms with van der Waals surface area (Å²) in [7, 11) is -5.08. The molecule has 23 heteroatoms. The average molecular weight is 1010 g/mol. The number of hydrogen-bond donors (Lipinski definition) is 8. The van der Waals surface area contributed by atoms with Crippen molar-refractivity contribution in [3.63, 3.8) is 0 Å². The molecule has 0 aliphatic carbocycles. The van der Waals surface area contributed by atoms with E-state index < -0.39 is 78.5 Å². The fourth-order valence-electron chi connectivity index (χ4n) is 9.13. The van der Waals surface area contributed by atoms with E-state index in [9.17, 15) is 57.8 Å². The van der Waals surface area contributed by atoms with E-state index in [1.165, 1.54) is 41.0 Å². The molecule has 3 fully saturated rings. The molecule has 0 radical (unpaired) electrons. The minimum absolute atomic E-state index is 0.0439. The molecule has 21 nitrogen and oxygen atoms in total. The van der Waals surface area contributed by atoms with Gasteiger partial charge in [0.2, 0.25) is 35.4 Å². The predicted octanol–water partition coefficient (Wildman–Crippen LogP) is 2.13. The highest BCUT2D eigenvalue weighted by molar-refractivity contribution is 7.70. The van der Waals surface area contributed by atoms with Gasteiger partial charge in [-0.05, 0) is 86.3 Å². The number of aliphatic hydroxyl groups is 1. The molecule has 0 spiro atoms. The Hall–Kier alpha value is -5.86. The van der Waals surface area contributed by atoms with Crippen LogP contribution in [0.5, 0.6) is 5.75 Å². The van der Waals surface area contributed by atoms with Gasteiger partial charge in [-0.1, -0.05) is 44.5 Å². The Kier molecular flexibility index (Phi) is 17.2.